The second-order valence-electron chi connectivity index (χ2n) is 4.72. The van der Waals surface area contributed by atoms with Gasteiger partial charge < -0.3 is 14.5 Å². The first-order chi connectivity index (χ1) is 11.2. The lowest BCUT2D eigenvalue weighted by atomic mass is 10.1. The number of rotatable bonds is 4. The van der Waals surface area contributed by atoms with E-state index in [1.807, 2.05) is 0 Å². The van der Waals surface area contributed by atoms with Gasteiger partial charge in [0.05, 0.1) is 7.11 Å². The average Bonchev–Trinajstić information content (AvgIpc) is 3.07. The summed E-state index contributed by atoms with van der Waals surface area (Å²) in [6.45, 7) is 0. The molecule has 0 saturated carbocycles. The molecule has 1 amide bonds. The molecule has 3 rings (SSSR count). The Balaban J connectivity index is 1.84. The third-order valence-corrected chi connectivity index (χ3v) is 3.49. The number of hydrogen-bond acceptors (Lipinski definition) is 4. The third-order valence-electron chi connectivity index (χ3n) is 3.24. The molecule has 5 nitrogen and oxygen atoms in total. The van der Waals surface area contributed by atoms with E-state index in [0.29, 0.717) is 16.5 Å². The number of benzene rings is 2. The molecule has 1 aromatic heterocycles. The minimum absolute atomic E-state index is 0.213. The zero-order valence-corrected chi connectivity index (χ0v) is 13.0. The van der Waals surface area contributed by atoms with Crippen LogP contribution < -0.4 is 10.1 Å². The van der Waals surface area contributed by atoms with Gasteiger partial charge in [0.25, 0.3) is 5.91 Å². The Bertz CT molecular complexity index is 811. The number of nitrogens with one attached hydrogen (secondary N) is 1. The molecule has 0 saturated heterocycles. The summed E-state index contributed by atoms with van der Waals surface area (Å²) < 4.78 is 10.5. The minimum Gasteiger partial charge on any atom is -0.497 e. The van der Waals surface area contributed by atoms with Crippen LogP contribution in [-0.4, -0.2) is 18.0 Å². The Morgan fingerprint density at radius 3 is 2.48 bits per heavy atom. The van der Waals surface area contributed by atoms with Crippen LogP contribution in [0.4, 0.5) is 5.69 Å². The van der Waals surface area contributed by atoms with E-state index in [1.165, 1.54) is 6.39 Å². The number of methoxy groups -OCH3 is 1. The topological polar surface area (TPSA) is 64.4 Å². The van der Waals surface area contributed by atoms with Crippen molar-refractivity contribution in [3.63, 3.8) is 0 Å². The zero-order valence-electron chi connectivity index (χ0n) is 12.2. The number of amides is 1. The van der Waals surface area contributed by atoms with Crippen molar-refractivity contribution >= 4 is 23.2 Å². The van der Waals surface area contributed by atoms with Crippen LogP contribution in [0.2, 0.25) is 5.02 Å². The Kier molecular flexibility index (Phi) is 4.30. The minimum atomic E-state index is -0.355. The second-order valence-corrected chi connectivity index (χ2v) is 5.16. The van der Waals surface area contributed by atoms with Gasteiger partial charge in [0.2, 0.25) is 0 Å². The first kappa shape index (κ1) is 15.1. The number of ether oxygens (including phenoxy) is 1. The fourth-order valence-corrected chi connectivity index (χ4v) is 2.20. The molecule has 1 heterocycles. The van der Waals surface area contributed by atoms with Gasteiger partial charge in [-0.1, -0.05) is 11.6 Å². The van der Waals surface area contributed by atoms with Crippen molar-refractivity contribution in [1.82, 2.24) is 4.98 Å². The smallest absolute Gasteiger partial charge is 0.278 e. The Morgan fingerprint density at radius 2 is 1.83 bits per heavy atom. The van der Waals surface area contributed by atoms with Gasteiger partial charge >= 0.3 is 0 Å². The van der Waals surface area contributed by atoms with E-state index in [4.69, 9.17) is 20.8 Å². The van der Waals surface area contributed by atoms with Crippen LogP contribution in [0.1, 0.15) is 10.5 Å². The summed E-state index contributed by atoms with van der Waals surface area (Å²) in [4.78, 5) is 16.4. The van der Waals surface area contributed by atoms with E-state index < -0.39 is 0 Å². The van der Waals surface area contributed by atoms with Crippen LogP contribution in [0.5, 0.6) is 5.75 Å². The van der Waals surface area contributed by atoms with E-state index >= 15 is 0 Å². The first-order valence-corrected chi connectivity index (χ1v) is 7.20. The van der Waals surface area contributed by atoms with Crippen LogP contribution in [0.25, 0.3) is 11.3 Å². The molecular weight excluding hydrogens is 316 g/mol. The molecule has 3 aromatic rings. The maximum absolute atomic E-state index is 12.4. The van der Waals surface area contributed by atoms with E-state index in [2.05, 4.69) is 10.3 Å². The van der Waals surface area contributed by atoms with Crippen LogP contribution in [0.3, 0.4) is 0 Å². The second kappa shape index (κ2) is 6.54. The predicted octanol–water partition coefficient (Wildman–Crippen LogP) is 4.26. The molecule has 0 atom stereocenters. The number of oxazole rings is 1. The monoisotopic (exact) mass is 328 g/mol. The van der Waals surface area contributed by atoms with Crippen LogP contribution in [-0.2, 0) is 0 Å². The summed E-state index contributed by atoms with van der Waals surface area (Å²) in [5.74, 6) is 0.770. The molecule has 0 unspecified atom stereocenters. The van der Waals surface area contributed by atoms with Crippen LogP contribution in [0.15, 0.2) is 59.3 Å². The summed E-state index contributed by atoms with van der Waals surface area (Å²) in [6, 6.07) is 14.0. The molecule has 2 aromatic carbocycles. The maximum Gasteiger partial charge on any atom is 0.278 e. The van der Waals surface area contributed by atoms with Crippen LogP contribution in [0, 0.1) is 0 Å². The van der Waals surface area contributed by atoms with Crippen molar-refractivity contribution in [2.75, 3.05) is 12.4 Å². The van der Waals surface area contributed by atoms with Crippen molar-refractivity contribution < 1.29 is 13.9 Å². The van der Waals surface area contributed by atoms with Gasteiger partial charge in [-0.15, -0.1) is 0 Å². The lowest BCUT2D eigenvalue weighted by Gasteiger charge is -2.05. The molecule has 6 heteroatoms. The quantitative estimate of drug-likeness (QED) is 0.777. The number of carbonyl (C=O) groups excluding carboxylic acids is 1. The zero-order chi connectivity index (χ0) is 16.2. The molecule has 0 fully saturated rings. The number of halogens is 1. The Labute approximate surface area is 137 Å². The van der Waals surface area contributed by atoms with Gasteiger partial charge in [-0.2, -0.15) is 0 Å². The SMILES string of the molecule is COc1ccc(-c2ocnc2C(=O)Nc2ccc(Cl)cc2)cc1. The van der Waals surface area contributed by atoms with Gasteiger partial charge in [-0.05, 0) is 48.5 Å². The van der Waals surface area contributed by atoms with Gasteiger partial charge in [-0.3, -0.25) is 4.79 Å². The van der Waals surface area contributed by atoms with E-state index in [9.17, 15) is 4.79 Å². The number of hydrogen-bond donors (Lipinski definition) is 1. The summed E-state index contributed by atoms with van der Waals surface area (Å²) >= 11 is 5.83. The molecule has 0 radical (unpaired) electrons. The van der Waals surface area contributed by atoms with Crippen molar-refractivity contribution in [2.24, 2.45) is 0 Å². The summed E-state index contributed by atoms with van der Waals surface area (Å²) in [5, 5.41) is 3.36. The molecule has 116 valence electrons. The van der Waals surface area contributed by atoms with Crippen molar-refractivity contribution in [1.29, 1.82) is 0 Å². The molecule has 0 spiro atoms. The Morgan fingerprint density at radius 1 is 1.13 bits per heavy atom. The fourth-order valence-electron chi connectivity index (χ4n) is 2.08. The molecule has 0 aliphatic carbocycles. The van der Waals surface area contributed by atoms with Crippen molar-refractivity contribution in [3.05, 3.63) is 65.6 Å². The van der Waals surface area contributed by atoms with Gasteiger partial charge in [0.15, 0.2) is 17.8 Å². The normalized spacial score (nSPS) is 10.3. The fraction of sp³-hybridized carbons (Fsp3) is 0.0588. The standard InChI is InChI=1S/C17H13ClN2O3/c1-22-14-8-2-11(3-9-14)16-15(19-10-23-16)17(21)20-13-6-4-12(18)5-7-13/h2-10H,1H3,(H,20,21). The number of aromatic nitrogens is 1. The van der Waals surface area contributed by atoms with E-state index in [-0.39, 0.29) is 11.6 Å². The largest absolute Gasteiger partial charge is 0.497 e. The number of anilines is 1. The van der Waals surface area contributed by atoms with Gasteiger partial charge in [-0.25, -0.2) is 4.98 Å². The molecule has 0 aliphatic heterocycles. The summed E-state index contributed by atoms with van der Waals surface area (Å²) in [7, 11) is 1.59. The van der Waals surface area contributed by atoms with Crippen LogP contribution >= 0.6 is 11.6 Å². The lowest BCUT2D eigenvalue weighted by molar-refractivity contribution is 0.102. The molecule has 0 aliphatic rings. The summed E-state index contributed by atoms with van der Waals surface area (Å²) in [6.07, 6.45) is 1.25. The highest BCUT2D eigenvalue weighted by Crippen LogP contribution is 2.26. The van der Waals surface area contributed by atoms with Crippen molar-refractivity contribution in [2.45, 2.75) is 0 Å². The molecule has 1 N–H and O–H groups in total. The number of carbonyl (C=O) groups is 1. The predicted molar refractivity (Wildman–Crippen MR) is 87.9 cm³/mol. The third kappa shape index (κ3) is 3.35. The van der Waals surface area contributed by atoms with Crippen molar-refractivity contribution in [3.8, 4) is 17.1 Å². The summed E-state index contributed by atoms with van der Waals surface area (Å²) in [5.41, 5.74) is 1.58. The van der Waals surface area contributed by atoms with E-state index in [0.717, 1.165) is 11.3 Å². The van der Waals surface area contributed by atoms with Gasteiger partial charge in [0, 0.05) is 16.3 Å². The van der Waals surface area contributed by atoms with E-state index in [1.54, 1.807) is 55.6 Å². The highest BCUT2D eigenvalue weighted by Gasteiger charge is 2.18. The highest BCUT2D eigenvalue weighted by molar-refractivity contribution is 6.30. The first-order valence-electron chi connectivity index (χ1n) is 6.82. The Hall–Kier alpha value is -2.79. The number of nitrogens with zero attached hydrogens (tertiary/aromatic N) is 1. The van der Waals surface area contributed by atoms with Gasteiger partial charge in [0.1, 0.15) is 5.75 Å². The molecular formula is C17H13ClN2O3. The average molecular weight is 329 g/mol. The molecule has 0 bridgehead atoms. The maximum atomic E-state index is 12.4. The lowest BCUT2D eigenvalue weighted by Crippen LogP contribution is -2.13. The highest BCUT2D eigenvalue weighted by atomic mass is 35.5. The molecule has 23 heavy (non-hydrogen) atoms.